The summed E-state index contributed by atoms with van der Waals surface area (Å²) in [4.78, 5) is 47.2. The van der Waals surface area contributed by atoms with Gasteiger partial charge in [0.15, 0.2) is 0 Å². The number of carbonyl (C=O) groups excluding carboxylic acids is 3. The van der Waals surface area contributed by atoms with Gasteiger partial charge in [-0.15, -0.1) is 0 Å². The topological polar surface area (TPSA) is 122 Å². The molecule has 2 unspecified atom stereocenters. The third-order valence-corrected chi connectivity index (χ3v) is 7.14. The van der Waals surface area contributed by atoms with Gasteiger partial charge in [0, 0.05) is 5.56 Å². The summed E-state index contributed by atoms with van der Waals surface area (Å²) in [6.45, 7) is 2.72. The molecule has 1 amide bonds. The summed E-state index contributed by atoms with van der Waals surface area (Å²) in [5.41, 5.74) is 0.362. The van der Waals surface area contributed by atoms with Crippen molar-refractivity contribution in [2.24, 2.45) is 0 Å². The first-order valence-electron chi connectivity index (χ1n) is 10.5. The molecular weight excluding hydrogens is 407 g/mol. The number of ether oxygens (including phenoxy) is 1. The number of esters is 2. The number of hydrogen-bond acceptors (Lipinski definition) is 6. The maximum absolute atomic E-state index is 13.0. The smallest absolute Gasteiger partial charge is 0.330 e. The standard InChI is InChI=1S/C21H31N2O6P/c1-2-3-4-8-13-18(23-20(25)16-10-6-5-7-11-16)30(27,28)15-19(24)29-21(26)17-12-9-14-22-17/h5-7,10-11,17-18,22H,2-4,8-9,12-15H2,1H3,(H,23,25)(H,27,28)/t17-,18?/m0/s1. The summed E-state index contributed by atoms with van der Waals surface area (Å²) < 4.78 is 17.7. The molecule has 3 N–H and O–H groups in total. The zero-order valence-electron chi connectivity index (χ0n) is 17.3. The summed E-state index contributed by atoms with van der Waals surface area (Å²) in [7, 11) is -4.15. The van der Waals surface area contributed by atoms with Gasteiger partial charge in [0.05, 0.1) is 0 Å². The quantitative estimate of drug-likeness (QED) is 0.210. The minimum absolute atomic E-state index is 0.262. The lowest BCUT2D eigenvalue weighted by Crippen LogP contribution is -2.37. The maximum atomic E-state index is 13.0. The van der Waals surface area contributed by atoms with Gasteiger partial charge in [0.25, 0.3) is 5.91 Å². The van der Waals surface area contributed by atoms with E-state index in [1.54, 1.807) is 30.3 Å². The van der Waals surface area contributed by atoms with Gasteiger partial charge in [0.1, 0.15) is 18.0 Å². The number of carbonyl (C=O) groups is 3. The monoisotopic (exact) mass is 438 g/mol. The lowest BCUT2D eigenvalue weighted by molar-refractivity contribution is -0.159. The van der Waals surface area contributed by atoms with Crippen LogP contribution in [-0.4, -0.2) is 47.3 Å². The zero-order chi connectivity index (χ0) is 22.0. The van der Waals surface area contributed by atoms with Crippen molar-refractivity contribution >= 4 is 25.2 Å². The van der Waals surface area contributed by atoms with E-state index in [1.165, 1.54) is 0 Å². The summed E-state index contributed by atoms with van der Waals surface area (Å²) in [6.07, 6.45) is 4.27. The molecule has 8 nitrogen and oxygen atoms in total. The van der Waals surface area contributed by atoms with E-state index in [2.05, 4.69) is 17.6 Å². The number of nitrogens with one attached hydrogen (secondary N) is 2. The Kier molecular flexibility index (Phi) is 9.69. The fourth-order valence-electron chi connectivity index (χ4n) is 3.36. The van der Waals surface area contributed by atoms with E-state index in [4.69, 9.17) is 4.74 Å². The van der Waals surface area contributed by atoms with Crippen molar-refractivity contribution in [1.82, 2.24) is 10.6 Å². The molecule has 2 rings (SSSR count). The van der Waals surface area contributed by atoms with Crippen molar-refractivity contribution in [2.75, 3.05) is 12.7 Å². The fourth-order valence-corrected chi connectivity index (χ4v) is 4.92. The number of benzene rings is 1. The molecule has 0 spiro atoms. The maximum Gasteiger partial charge on any atom is 0.330 e. The van der Waals surface area contributed by atoms with Crippen LogP contribution in [-0.2, 0) is 18.9 Å². The Balaban J connectivity index is 2.01. The first-order valence-corrected chi connectivity index (χ1v) is 12.4. The van der Waals surface area contributed by atoms with Crippen LogP contribution in [0.3, 0.4) is 0 Å². The number of rotatable bonds is 11. The van der Waals surface area contributed by atoms with Crippen LogP contribution >= 0.6 is 7.37 Å². The molecule has 0 saturated carbocycles. The predicted molar refractivity (Wildman–Crippen MR) is 113 cm³/mol. The average molecular weight is 438 g/mol. The highest BCUT2D eigenvalue weighted by Crippen LogP contribution is 2.47. The summed E-state index contributed by atoms with van der Waals surface area (Å²) >= 11 is 0. The molecule has 0 radical (unpaired) electrons. The van der Waals surface area contributed by atoms with E-state index in [0.717, 1.165) is 25.7 Å². The van der Waals surface area contributed by atoms with Crippen LogP contribution in [0.15, 0.2) is 30.3 Å². The number of unbranched alkanes of at least 4 members (excludes halogenated alkanes) is 3. The van der Waals surface area contributed by atoms with Crippen LogP contribution in [0.2, 0.25) is 0 Å². The molecule has 1 aliphatic heterocycles. The SMILES string of the molecule is CCCCCCC(NC(=O)c1ccccc1)P(=O)(O)CC(=O)OC(=O)[C@@H]1CCCN1. The van der Waals surface area contributed by atoms with Crippen LogP contribution in [0.4, 0.5) is 0 Å². The van der Waals surface area contributed by atoms with E-state index in [-0.39, 0.29) is 6.42 Å². The third-order valence-electron chi connectivity index (χ3n) is 5.07. The van der Waals surface area contributed by atoms with Gasteiger partial charge in [-0.2, -0.15) is 0 Å². The zero-order valence-corrected chi connectivity index (χ0v) is 18.2. The second kappa shape index (κ2) is 12.0. The molecule has 1 heterocycles. The van der Waals surface area contributed by atoms with Crippen molar-refractivity contribution in [3.63, 3.8) is 0 Å². The molecule has 3 atom stereocenters. The lowest BCUT2D eigenvalue weighted by atomic mass is 10.1. The van der Waals surface area contributed by atoms with Crippen LogP contribution in [0.25, 0.3) is 0 Å². The van der Waals surface area contributed by atoms with Crippen molar-refractivity contribution in [3.8, 4) is 0 Å². The van der Waals surface area contributed by atoms with Gasteiger partial charge in [0.2, 0.25) is 7.37 Å². The molecule has 0 aromatic heterocycles. The van der Waals surface area contributed by atoms with Crippen molar-refractivity contribution < 1.29 is 28.6 Å². The summed E-state index contributed by atoms with van der Waals surface area (Å²) in [5, 5.41) is 5.52. The molecule has 1 saturated heterocycles. The van der Waals surface area contributed by atoms with E-state index in [1.807, 2.05) is 0 Å². The predicted octanol–water partition coefficient (Wildman–Crippen LogP) is 2.81. The van der Waals surface area contributed by atoms with Crippen LogP contribution < -0.4 is 10.6 Å². The van der Waals surface area contributed by atoms with Crippen molar-refractivity contribution in [3.05, 3.63) is 35.9 Å². The molecule has 9 heteroatoms. The summed E-state index contributed by atoms with van der Waals surface area (Å²) in [5.74, 6) is -3.35. The van der Waals surface area contributed by atoms with Gasteiger partial charge in [-0.3, -0.25) is 14.2 Å². The Hall–Kier alpha value is -2.02. The van der Waals surface area contributed by atoms with Crippen LogP contribution in [0.1, 0.15) is 62.2 Å². The number of amides is 1. The number of hydrogen-bond donors (Lipinski definition) is 3. The minimum Gasteiger partial charge on any atom is -0.392 e. The molecule has 1 fully saturated rings. The highest BCUT2D eigenvalue weighted by atomic mass is 31.2. The Labute approximate surface area is 177 Å². The molecule has 30 heavy (non-hydrogen) atoms. The van der Waals surface area contributed by atoms with E-state index < -0.39 is 43.2 Å². The van der Waals surface area contributed by atoms with Crippen LogP contribution in [0.5, 0.6) is 0 Å². The van der Waals surface area contributed by atoms with Crippen molar-refractivity contribution in [1.29, 1.82) is 0 Å². The highest BCUT2D eigenvalue weighted by molar-refractivity contribution is 7.59. The Morgan fingerprint density at radius 2 is 1.97 bits per heavy atom. The Bertz CT molecular complexity index is 764. The minimum atomic E-state index is -4.15. The third kappa shape index (κ3) is 7.67. The fraction of sp³-hybridized carbons (Fsp3) is 0.571. The van der Waals surface area contributed by atoms with Gasteiger partial charge in [-0.05, 0) is 37.9 Å². The largest absolute Gasteiger partial charge is 0.392 e. The first kappa shape index (κ1) is 24.3. The Morgan fingerprint density at radius 1 is 1.23 bits per heavy atom. The second-order valence-corrected chi connectivity index (χ2v) is 10.0. The Morgan fingerprint density at radius 3 is 2.60 bits per heavy atom. The molecular formula is C21H31N2O6P. The average Bonchev–Trinajstić information content (AvgIpc) is 3.25. The molecule has 1 aromatic carbocycles. The molecule has 1 aliphatic rings. The molecule has 0 bridgehead atoms. The summed E-state index contributed by atoms with van der Waals surface area (Å²) in [6, 6.07) is 7.81. The molecule has 0 aliphatic carbocycles. The van der Waals surface area contributed by atoms with E-state index in [9.17, 15) is 23.8 Å². The lowest BCUT2D eigenvalue weighted by Gasteiger charge is -2.24. The van der Waals surface area contributed by atoms with Crippen molar-refractivity contribution in [2.45, 2.75) is 63.7 Å². The normalized spacial score (nSPS) is 18.9. The van der Waals surface area contributed by atoms with Gasteiger partial charge < -0.3 is 20.3 Å². The van der Waals surface area contributed by atoms with Gasteiger partial charge in [-0.25, -0.2) is 4.79 Å². The van der Waals surface area contributed by atoms with E-state index >= 15 is 0 Å². The molecule has 1 aromatic rings. The van der Waals surface area contributed by atoms with Gasteiger partial charge >= 0.3 is 11.9 Å². The van der Waals surface area contributed by atoms with Gasteiger partial charge in [-0.1, -0.05) is 50.8 Å². The first-order chi connectivity index (χ1) is 14.3. The molecule has 166 valence electrons. The second-order valence-electron chi connectivity index (χ2n) is 7.56. The van der Waals surface area contributed by atoms with E-state index in [0.29, 0.717) is 24.9 Å². The highest BCUT2D eigenvalue weighted by Gasteiger charge is 2.36. The van der Waals surface area contributed by atoms with Crippen LogP contribution in [0, 0.1) is 0 Å².